The van der Waals surface area contributed by atoms with Crippen molar-refractivity contribution in [1.82, 2.24) is 0 Å². The summed E-state index contributed by atoms with van der Waals surface area (Å²) in [5.74, 6) is 0. The van der Waals surface area contributed by atoms with E-state index in [1.54, 1.807) is 0 Å². The molecule has 1 unspecified atom stereocenters. The number of unbranched alkanes of at least 4 members (excludes halogenated alkanes) is 1. The highest BCUT2D eigenvalue weighted by molar-refractivity contribution is 7.33. The second-order valence-corrected chi connectivity index (χ2v) is 3.83. The third-order valence-electron chi connectivity index (χ3n) is 1.18. The molecule has 0 aromatic carbocycles. The molecule has 0 aliphatic carbocycles. The number of rotatable bonds is 9. The molecule has 118 valence electrons. The second kappa shape index (κ2) is 26.4. The molecule has 0 radical (unpaired) electrons. The fourth-order valence-electron chi connectivity index (χ4n) is 0.436. The van der Waals surface area contributed by atoms with E-state index in [4.69, 9.17) is 30.1 Å². The molecular formula is C10H26O8P+. The standard InChI is InChI=1S/C6H14O4P.2C2H6O2/c1-2-3-5-9-11(8)10-6-4-7;2*3-1-2-4/h7H,2-6H2,1H3;2*3-4H,1-2H2/q+1;;. The predicted octanol–water partition coefficient (Wildman–Crippen LogP) is -0.589. The highest BCUT2D eigenvalue weighted by Gasteiger charge is 2.18. The van der Waals surface area contributed by atoms with Crippen LogP contribution in [0, 0.1) is 0 Å². The van der Waals surface area contributed by atoms with Crippen molar-refractivity contribution in [3.63, 3.8) is 0 Å². The summed E-state index contributed by atoms with van der Waals surface area (Å²) in [5.41, 5.74) is 0. The molecule has 0 amide bonds. The molecule has 0 heterocycles. The quantitative estimate of drug-likeness (QED) is 0.282. The summed E-state index contributed by atoms with van der Waals surface area (Å²) in [6, 6.07) is 0. The maximum Gasteiger partial charge on any atom is 0.697 e. The molecule has 5 N–H and O–H groups in total. The van der Waals surface area contributed by atoms with Crippen LogP contribution < -0.4 is 0 Å². The summed E-state index contributed by atoms with van der Waals surface area (Å²) in [4.78, 5) is 0. The first kappa shape index (κ1) is 23.9. The van der Waals surface area contributed by atoms with Crippen LogP contribution in [0.3, 0.4) is 0 Å². The van der Waals surface area contributed by atoms with Gasteiger partial charge in [-0.05, 0) is 6.42 Å². The molecule has 0 spiro atoms. The first-order valence-electron chi connectivity index (χ1n) is 5.91. The zero-order valence-corrected chi connectivity index (χ0v) is 12.2. The van der Waals surface area contributed by atoms with Crippen molar-refractivity contribution in [1.29, 1.82) is 0 Å². The molecule has 0 saturated carbocycles. The number of aliphatic hydroxyl groups excluding tert-OH is 5. The largest absolute Gasteiger partial charge is 0.697 e. The highest BCUT2D eigenvalue weighted by Crippen LogP contribution is 2.23. The zero-order chi connectivity index (χ0) is 15.4. The fourth-order valence-corrected chi connectivity index (χ4v) is 1.02. The molecule has 9 heteroatoms. The topological polar surface area (TPSA) is 137 Å². The first-order valence-corrected chi connectivity index (χ1v) is 7.01. The molecule has 0 bridgehead atoms. The van der Waals surface area contributed by atoms with Gasteiger partial charge in [0.25, 0.3) is 0 Å². The van der Waals surface area contributed by atoms with Crippen molar-refractivity contribution < 1.29 is 39.1 Å². The molecule has 1 atom stereocenters. The van der Waals surface area contributed by atoms with Gasteiger partial charge in [-0.2, -0.15) is 0 Å². The normalized spacial score (nSPS) is 9.89. The molecular weight excluding hydrogens is 279 g/mol. The minimum absolute atomic E-state index is 0.0708. The van der Waals surface area contributed by atoms with Gasteiger partial charge < -0.3 is 25.5 Å². The van der Waals surface area contributed by atoms with Gasteiger partial charge in [-0.1, -0.05) is 13.3 Å². The molecule has 19 heavy (non-hydrogen) atoms. The molecule has 0 aromatic heterocycles. The summed E-state index contributed by atoms with van der Waals surface area (Å²) in [7, 11) is -2.01. The fraction of sp³-hybridized carbons (Fsp3) is 1.00. The zero-order valence-electron chi connectivity index (χ0n) is 11.3. The van der Waals surface area contributed by atoms with Gasteiger partial charge in [0.05, 0.1) is 33.0 Å². The first-order chi connectivity index (χ1) is 9.14. The molecule has 0 fully saturated rings. The molecule has 0 saturated heterocycles. The van der Waals surface area contributed by atoms with E-state index < -0.39 is 8.25 Å². The molecule has 0 aromatic rings. The Hall–Kier alpha value is -0.180. The Bertz CT molecular complexity index is 150. The third-order valence-corrected chi connectivity index (χ3v) is 1.97. The molecule has 0 rings (SSSR count). The van der Waals surface area contributed by atoms with E-state index >= 15 is 0 Å². The Balaban J connectivity index is -0.000000264. The van der Waals surface area contributed by atoms with Gasteiger partial charge in [-0.3, -0.25) is 0 Å². The summed E-state index contributed by atoms with van der Waals surface area (Å²) in [5, 5.41) is 38.8. The molecule has 0 aliphatic heterocycles. The molecule has 8 nitrogen and oxygen atoms in total. The summed E-state index contributed by atoms with van der Waals surface area (Å²) >= 11 is 0. The Morgan fingerprint density at radius 1 is 0.789 bits per heavy atom. The smallest absolute Gasteiger partial charge is 0.394 e. The van der Waals surface area contributed by atoms with Gasteiger partial charge in [0, 0.05) is 4.57 Å². The lowest BCUT2D eigenvalue weighted by Gasteiger charge is -1.88. The minimum atomic E-state index is -2.01. The Kier molecular flexibility index (Phi) is 33.2. The van der Waals surface area contributed by atoms with E-state index in [9.17, 15) is 4.57 Å². The lowest BCUT2D eigenvalue weighted by molar-refractivity contribution is 0.173. The van der Waals surface area contributed by atoms with E-state index in [0.29, 0.717) is 6.61 Å². The van der Waals surface area contributed by atoms with Crippen LogP contribution >= 0.6 is 8.25 Å². The van der Waals surface area contributed by atoms with Gasteiger partial charge in [-0.15, -0.1) is 9.05 Å². The van der Waals surface area contributed by atoms with Crippen LogP contribution in [0.15, 0.2) is 0 Å². The van der Waals surface area contributed by atoms with E-state index in [-0.39, 0.29) is 39.6 Å². The van der Waals surface area contributed by atoms with Gasteiger partial charge in [0.2, 0.25) is 0 Å². The van der Waals surface area contributed by atoms with E-state index in [2.05, 4.69) is 4.52 Å². The van der Waals surface area contributed by atoms with E-state index in [1.165, 1.54) is 0 Å². The maximum absolute atomic E-state index is 10.7. The lowest BCUT2D eigenvalue weighted by atomic mass is 10.4. The summed E-state index contributed by atoms with van der Waals surface area (Å²) < 4.78 is 20.0. The van der Waals surface area contributed by atoms with Crippen molar-refractivity contribution >= 4 is 8.25 Å². The van der Waals surface area contributed by atoms with Crippen LogP contribution in [-0.2, 0) is 13.6 Å². The average Bonchev–Trinajstić information content (AvgIpc) is 2.46. The third kappa shape index (κ3) is 38.1. The lowest BCUT2D eigenvalue weighted by Crippen LogP contribution is -1.94. The van der Waals surface area contributed by atoms with Crippen molar-refractivity contribution in [3.05, 3.63) is 0 Å². The van der Waals surface area contributed by atoms with Gasteiger partial charge in [0.15, 0.2) is 0 Å². The maximum atomic E-state index is 10.7. The van der Waals surface area contributed by atoms with Crippen LogP contribution in [0.1, 0.15) is 19.8 Å². The number of hydrogen-bond acceptors (Lipinski definition) is 8. The average molecular weight is 305 g/mol. The van der Waals surface area contributed by atoms with Gasteiger partial charge in [0.1, 0.15) is 13.2 Å². The van der Waals surface area contributed by atoms with Crippen molar-refractivity contribution in [3.8, 4) is 0 Å². The second-order valence-electron chi connectivity index (χ2n) is 2.86. The van der Waals surface area contributed by atoms with Crippen LogP contribution in [0.4, 0.5) is 0 Å². The van der Waals surface area contributed by atoms with Gasteiger partial charge in [-0.25, -0.2) is 0 Å². The minimum Gasteiger partial charge on any atom is -0.394 e. The van der Waals surface area contributed by atoms with E-state index in [1.807, 2.05) is 6.92 Å². The van der Waals surface area contributed by atoms with Crippen LogP contribution in [0.2, 0.25) is 0 Å². The summed E-state index contributed by atoms with van der Waals surface area (Å²) in [6.45, 7) is 1.92. The van der Waals surface area contributed by atoms with E-state index in [0.717, 1.165) is 12.8 Å². The SMILES string of the molecule is CCCCO[P+](=O)OCCO.OCCO.OCCO. The van der Waals surface area contributed by atoms with Crippen molar-refractivity contribution in [2.24, 2.45) is 0 Å². The van der Waals surface area contributed by atoms with Crippen LogP contribution in [-0.4, -0.2) is 71.8 Å². The number of aliphatic hydroxyl groups is 5. The predicted molar refractivity (Wildman–Crippen MR) is 69.8 cm³/mol. The van der Waals surface area contributed by atoms with Crippen molar-refractivity contribution in [2.45, 2.75) is 19.8 Å². The summed E-state index contributed by atoms with van der Waals surface area (Å²) in [6.07, 6.45) is 1.88. The Morgan fingerprint density at radius 2 is 1.21 bits per heavy atom. The highest BCUT2D eigenvalue weighted by atomic mass is 31.1. The van der Waals surface area contributed by atoms with Crippen molar-refractivity contribution in [2.75, 3.05) is 46.2 Å². The Morgan fingerprint density at radius 3 is 1.53 bits per heavy atom. The number of hydrogen-bond donors (Lipinski definition) is 5. The van der Waals surface area contributed by atoms with Crippen LogP contribution in [0.5, 0.6) is 0 Å². The van der Waals surface area contributed by atoms with Gasteiger partial charge >= 0.3 is 8.25 Å². The Labute approximate surface area is 114 Å². The molecule has 0 aliphatic rings. The van der Waals surface area contributed by atoms with Crippen LogP contribution in [0.25, 0.3) is 0 Å². The monoisotopic (exact) mass is 305 g/mol.